The van der Waals surface area contributed by atoms with Gasteiger partial charge in [0.2, 0.25) is 11.6 Å². The number of carbonyl (C=O) groups excluding carboxylic acids is 1. The van der Waals surface area contributed by atoms with Gasteiger partial charge in [0, 0.05) is 42.7 Å². The molecule has 0 radical (unpaired) electrons. The van der Waals surface area contributed by atoms with Gasteiger partial charge in [-0.25, -0.2) is 4.79 Å². The monoisotopic (exact) mass is 674 g/mol. The van der Waals surface area contributed by atoms with Gasteiger partial charge in [0.15, 0.2) is 0 Å². The van der Waals surface area contributed by atoms with Gasteiger partial charge in [0.05, 0.1) is 5.92 Å². The average molecular weight is 676 g/mol. The van der Waals surface area contributed by atoms with E-state index in [0.29, 0.717) is 38.3 Å². The Hall–Kier alpha value is -4.42. The molecule has 5 aromatic rings. The number of carbonyl (C=O) groups is 1. The molecule has 4 aromatic carbocycles. The highest BCUT2D eigenvalue weighted by atomic mass is 79.9. The molecule has 6 rings (SSSR count). The molecule has 0 saturated carbocycles. The van der Waals surface area contributed by atoms with E-state index in [1.54, 1.807) is 49.4 Å². The molecule has 1 aliphatic rings. The van der Waals surface area contributed by atoms with E-state index in [2.05, 4.69) is 22.0 Å². The zero-order valence-electron chi connectivity index (χ0n) is 22.5. The van der Waals surface area contributed by atoms with Crippen molar-refractivity contribution in [2.75, 3.05) is 0 Å². The van der Waals surface area contributed by atoms with Gasteiger partial charge in [-0.2, -0.15) is 5.26 Å². The van der Waals surface area contributed by atoms with Crippen LogP contribution in [-0.2, 0) is 6.61 Å². The summed E-state index contributed by atoms with van der Waals surface area (Å²) in [5.41, 5.74) is 9.91. The minimum atomic E-state index is -0.649. The third-order valence-electron chi connectivity index (χ3n) is 7.09. The number of esters is 1. The Kier molecular flexibility index (Phi) is 7.80. The van der Waals surface area contributed by atoms with Gasteiger partial charge in [-0.15, -0.1) is 0 Å². The van der Waals surface area contributed by atoms with Crippen molar-refractivity contribution < 1.29 is 23.4 Å². The number of rotatable bonds is 6. The molecule has 2 N–H and O–H groups in total. The van der Waals surface area contributed by atoms with Crippen LogP contribution in [0.2, 0.25) is 10.0 Å². The molecule has 0 bridgehead atoms. The molecule has 1 unspecified atom stereocenters. The topological polar surface area (TPSA) is 108 Å². The highest BCUT2D eigenvalue weighted by Gasteiger charge is 2.31. The minimum absolute atomic E-state index is 0.0403. The number of allylic oxidation sites excluding steroid dienone is 1. The number of nitriles is 1. The Bertz CT molecular complexity index is 2000. The van der Waals surface area contributed by atoms with Crippen LogP contribution in [0.5, 0.6) is 17.2 Å². The standard InChI is InChI=1S/C33H21BrCl2N2O5/c1-17-24-9-6-20(34)12-28(24)42-31(17)33(39)41-23-8-10-25-29(14-23)43-32(38)26(15-37)30(25)18-3-2-4-22(11-18)40-16-19-5-7-21(35)13-27(19)36/h2-14,30H,16,38H2,1H3. The zero-order valence-corrected chi connectivity index (χ0v) is 25.6. The van der Waals surface area contributed by atoms with E-state index in [-0.39, 0.29) is 29.6 Å². The van der Waals surface area contributed by atoms with Crippen LogP contribution in [0, 0.1) is 18.3 Å². The predicted molar refractivity (Wildman–Crippen MR) is 167 cm³/mol. The van der Waals surface area contributed by atoms with Gasteiger partial charge in [-0.3, -0.25) is 0 Å². The largest absolute Gasteiger partial charge is 0.489 e. The van der Waals surface area contributed by atoms with Gasteiger partial charge >= 0.3 is 5.97 Å². The lowest BCUT2D eigenvalue weighted by Gasteiger charge is -2.27. The fraction of sp³-hybridized carbons (Fsp3) is 0.0909. The van der Waals surface area contributed by atoms with Crippen LogP contribution in [0.4, 0.5) is 0 Å². The molecule has 0 aliphatic carbocycles. The van der Waals surface area contributed by atoms with Crippen LogP contribution in [0.3, 0.4) is 0 Å². The summed E-state index contributed by atoms with van der Waals surface area (Å²) in [6, 6.07) is 25.2. The smallest absolute Gasteiger partial charge is 0.379 e. The zero-order chi connectivity index (χ0) is 30.2. The van der Waals surface area contributed by atoms with E-state index >= 15 is 0 Å². The molecule has 43 heavy (non-hydrogen) atoms. The van der Waals surface area contributed by atoms with Crippen molar-refractivity contribution in [1.82, 2.24) is 0 Å². The molecule has 0 spiro atoms. The maximum Gasteiger partial charge on any atom is 0.379 e. The maximum absolute atomic E-state index is 13.1. The fourth-order valence-corrected chi connectivity index (χ4v) is 5.78. The van der Waals surface area contributed by atoms with Crippen LogP contribution in [0.1, 0.15) is 38.7 Å². The molecule has 10 heteroatoms. The molecule has 1 aliphatic heterocycles. The normalized spacial score (nSPS) is 14.2. The summed E-state index contributed by atoms with van der Waals surface area (Å²) in [5, 5.41) is 11.8. The van der Waals surface area contributed by atoms with Crippen molar-refractivity contribution in [3.05, 3.63) is 133 Å². The number of hydrogen-bond acceptors (Lipinski definition) is 7. The summed E-state index contributed by atoms with van der Waals surface area (Å²) in [5.74, 6) is 0.0337. The first-order valence-corrected chi connectivity index (χ1v) is 14.6. The first-order valence-electron chi connectivity index (χ1n) is 13.0. The van der Waals surface area contributed by atoms with Crippen molar-refractivity contribution in [2.24, 2.45) is 5.73 Å². The lowest BCUT2D eigenvalue weighted by molar-refractivity contribution is 0.0702. The highest BCUT2D eigenvalue weighted by Crippen LogP contribution is 2.44. The van der Waals surface area contributed by atoms with Crippen LogP contribution < -0.4 is 19.9 Å². The van der Waals surface area contributed by atoms with Crippen molar-refractivity contribution in [2.45, 2.75) is 19.4 Å². The van der Waals surface area contributed by atoms with Crippen LogP contribution >= 0.6 is 39.1 Å². The van der Waals surface area contributed by atoms with Crippen LogP contribution in [-0.4, -0.2) is 5.97 Å². The molecule has 1 aromatic heterocycles. The lowest BCUT2D eigenvalue weighted by atomic mass is 9.83. The molecule has 7 nitrogen and oxygen atoms in total. The Morgan fingerprint density at radius 1 is 1.05 bits per heavy atom. The Morgan fingerprint density at radius 3 is 2.67 bits per heavy atom. The number of halogens is 3. The molecular formula is C33H21BrCl2N2O5. The Balaban J connectivity index is 1.27. The Labute approximate surface area is 265 Å². The highest BCUT2D eigenvalue weighted by molar-refractivity contribution is 9.10. The molecular weight excluding hydrogens is 655 g/mol. The van der Waals surface area contributed by atoms with Crippen molar-refractivity contribution >= 4 is 56.1 Å². The second-order valence-electron chi connectivity index (χ2n) is 9.81. The molecule has 0 amide bonds. The average Bonchev–Trinajstić information content (AvgIpc) is 3.31. The lowest BCUT2D eigenvalue weighted by Crippen LogP contribution is -2.21. The molecule has 1 atom stereocenters. The molecule has 214 valence electrons. The molecule has 0 saturated heterocycles. The number of ether oxygens (including phenoxy) is 3. The van der Waals surface area contributed by atoms with Gasteiger partial charge < -0.3 is 24.4 Å². The van der Waals surface area contributed by atoms with Crippen LogP contribution in [0.15, 0.2) is 99.2 Å². The van der Waals surface area contributed by atoms with Gasteiger partial charge in [-0.05, 0) is 61.0 Å². The van der Waals surface area contributed by atoms with E-state index in [4.69, 9.17) is 47.6 Å². The number of fused-ring (bicyclic) bond motifs is 2. The van der Waals surface area contributed by atoms with E-state index in [1.807, 2.05) is 36.4 Å². The predicted octanol–water partition coefficient (Wildman–Crippen LogP) is 8.83. The van der Waals surface area contributed by atoms with Crippen LogP contribution in [0.25, 0.3) is 11.0 Å². The number of nitrogens with zero attached hydrogens (tertiary/aromatic N) is 1. The summed E-state index contributed by atoms with van der Waals surface area (Å²) in [7, 11) is 0. The maximum atomic E-state index is 13.1. The SMILES string of the molecule is Cc1c(C(=O)Oc2ccc3c(c2)OC(N)=C(C#N)C3c2cccc(OCc3ccc(Cl)cc3Cl)c2)oc2cc(Br)ccc12. The van der Waals surface area contributed by atoms with E-state index in [1.165, 1.54) is 0 Å². The number of furan rings is 1. The summed E-state index contributed by atoms with van der Waals surface area (Å²) in [6.07, 6.45) is 0. The van der Waals surface area contributed by atoms with Gasteiger partial charge in [0.25, 0.3) is 0 Å². The van der Waals surface area contributed by atoms with Gasteiger partial charge in [-0.1, -0.05) is 63.4 Å². The summed E-state index contributed by atoms with van der Waals surface area (Å²) in [4.78, 5) is 13.1. The number of nitrogens with two attached hydrogens (primary N) is 1. The number of aryl methyl sites for hydroxylation is 1. The van der Waals surface area contributed by atoms with Crippen molar-refractivity contribution in [3.63, 3.8) is 0 Å². The van der Waals surface area contributed by atoms with E-state index < -0.39 is 11.9 Å². The molecule has 0 fully saturated rings. The summed E-state index contributed by atoms with van der Waals surface area (Å²) >= 11 is 15.7. The minimum Gasteiger partial charge on any atom is -0.489 e. The first kappa shape index (κ1) is 28.7. The van der Waals surface area contributed by atoms with Crippen molar-refractivity contribution in [3.8, 4) is 23.3 Å². The quantitative estimate of drug-likeness (QED) is 0.142. The molecule has 2 heterocycles. The van der Waals surface area contributed by atoms with E-state index in [0.717, 1.165) is 21.0 Å². The third kappa shape index (κ3) is 5.67. The Morgan fingerprint density at radius 2 is 1.88 bits per heavy atom. The summed E-state index contributed by atoms with van der Waals surface area (Å²) in [6.45, 7) is 2.03. The fourth-order valence-electron chi connectivity index (χ4n) is 4.97. The van der Waals surface area contributed by atoms with E-state index in [9.17, 15) is 10.1 Å². The second-order valence-corrected chi connectivity index (χ2v) is 11.6. The first-order chi connectivity index (χ1) is 20.7. The van der Waals surface area contributed by atoms with Gasteiger partial charge in [0.1, 0.15) is 41.1 Å². The van der Waals surface area contributed by atoms with Crippen molar-refractivity contribution in [1.29, 1.82) is 5.26 Å². The number of benzene rings is 4. The second kappa shape index (κ2) is 11.7. The third-order valence-corrected chi connectivity index (χ3v) is 8.17. The number of hydrogen-bond donors (Lipinski definition) is 1. The summed E-state index contributed by atoms with van der Waals surface area (Å²) < 4.78 is 24.1.